The zero-order chi connectivity index (χ0) is 15.4. The molecule has 0 aromatic carbocycles. The van der Waals surface area contributed by atoms with Crippen molar-refractivity contribution < 1.29 is 4.74 Å². The van der Waals surface area contributed by atoms with E-state index in [-0.39, 0.29) is 6.10 Å². The van der Waals surface area contributed by atoms with E-state index in [1.54, 1.807) is 0 Å². The lowest BCUT2D eigenvalue weighted by Gasteiger charge is -2.37. The van der Waals surface area contributed by atoms with Gasteiger partial charge in [0.15, 0.2) is 0 Å². The van der Waals surface area contributed by atoms with Crippen LogP contribution < -0.4 is 4.74 Å². The van der Waals surface area contributed by atoms with Gasteiger partial charge in [-0.1, -0.05) is 52.1 Å². The predicted octanol–water partition coefficient (Wildman–Crippen LogP) is 4.92. The molecular weight excluding hydrogens is 284 g/mol. The fraction of sp³-hybridized carbons (Fsp3) is 0.765. The van der Waals surface area contributed by atoms with Gasteiger partial charge >= 0.3 is 0 Å². The summed E-state index contributed by atoms with van der Waals surface area (Å²) in [7, 11) is 0. The highest BCUT2D eigenvalue weighted by Crippen LogP contribution is 2.36. The molecule has 2 rings (SSSR count). The molecule has 1 aliphatic carbocycles. The van der Waals surface area contributed by atoms with E-state index in [4.69, 9.17) is 16.3 Å². The molecule has 118 valence electrons. The lowest BCUT2D eigenvalue weighted by molar-refractivity contribution is 0.0417. The average molecular weight is 311 g/mol. The summed E-state index contributed by atoms with van der Waals surface area (Å²) in [4.78, 5) is 8.45. The van der Waals surface area contributed by atoms with Gasteiger partial charge in [0.25, 0.3) is 0 Å². The second-order valence-corrected chi connectivity index (χ2v) is 7.04. The number of hydrogen-bond acceptors (Lipinski definition) is 3. The standard InChI is InChI=1S/C17H27ClN2O/c1-5-6-14-16(18)19-10-20-17(14)21-15-9-12(4)7-8-13(15)11(2)3/h10-13,15H,5-9H2,1-4H3. The Morgan fingerprint density at radius 3 is 2.76 bits per heavy atom. The lowest BCUT2D eigenvalue weighted by Crippen LogP contribution is -2.36. The molecule has 1 aromatic rings. The molecule has 0 bridgehead atoms. The minimum atomic E-state index is 0.246. The first-order valence-electron chi connectivity index (χ1n) is 8.18. The fourth-order valence-electron chi connectivity index (χ4n) is 3.33. The third-order valence-electron chi connectivity index (χ3n) is 4.58. The van der Waals surface area contributed by atoms with Gasteiger partial charge in [0.1, 0.15) is 17.6 Å². The van der Waals surface area contributed by atoms with Crippen LogP contribution in [0.4, 0.5) is 0 Å². The first-order valence-corrected chi connectivity index (χ1v) is 8.56. The Bertz CT molecular complexity index is 464. The monoisotopic (exact) mass is 310 g/mol. The predicted molar refractivity (Wildman–Crippen MR) is 86.8 cm³/mol. The first-order chi connectivity index (χ1) is 10.0. The van der Waals surface area contributed by atoms with E-state index in [1.807, 2.05) is 0 Å². The van der Waals surface area contributed by atoms with Crippen LogP contribution in [0.1, 0.15) is 58.9 Å². The molecule has 0 spiro atoms. The van der Waals surface area contributed by atoms with Crippen molar-refractivity contribution in [2.75, 3.05) is 0 Å². The maximum atomic E-state index is 6.33. The molecule has 3 atom stereocenters. The number of ether oxygens (including phenoxy) is 1. The van der Waals surface area contributed by atoms with Crippen LogP contribution in [0.3, 0.4) is 0 Å². The van der Waals surface area contributed by atoms with Crippen molar-refractivity contribution in [3.05, 3.63) is 17.0 Å². The largest absolute Gasteiger partial charge is 0.474 e. The van der Waals surface area contributed by atoms with Crippen molar-refractivity contribution in [2.45, 2.75) is 65.9 Å². The number of halogens is 1. The Labute approximate surface area is 133 Å². The van der Waals surface area contributed by atoms with Gasteiger partial charge in [-0.15, -0.1) is 0 Å². The smallest absolute Gasteiger partial charge is 0.221 e. The van der Waals surface area contributed by atoms with Gasteiger partial charge in [-0.2, -0.15) is 0 Å². The first kappa shape index (κ1) is 16.5. The minimum absolute atomic E-state index is 0.246. The number of aromatic nitrogens is 2. The maximum absolute atomic E-state index is 6.33. The van der Waals surface area contributed by atoms with Crippen molar-refractivity contribution in [1.82, 2.24) is 9.97 Å². The summed E-state index contributed by atoms with van der Waals surface area (Å²) >= 11 is 6.22. The molecule has 3 unspecified atom stereocenters. The molecule has 0 radical (unpaired) electrons. The summed E-state index contributed by atoms with van der Waals surface area (Å²) in [5.41, 5.74) is 0.961. The fourth-order valence-corrected chi connectivity index (χ4v) is 3.55. The highest BCUT2D eigenvalue weighted by Gasteiger charge is 2.33. The minimum Gasteiger partial charge on any atom is -0.474 e. The van der Waals surface area contributed by atoms with E-state index in [9.17, 15) is 0 Å². The SMILES string of the molecule is CCCc1c(Cl)ncnc1OC1CC(C)CCC1C(C)C. The molecule has 1 aromatic heterocycles. The van der Waals surface area contributed by atoms with Gasteiger partial charge in [0, 0.05) is 0 Å². The van der Waals surface area contributed by atoms with Crippen molar-refractivity contribution in [3.8, 4) is 5.88 Å². The Hall–Kier alpha value is -0.830. The van der Waals surface area contributed by atoms with E-state index in [0.717, 1.165) is 30.7 Å². The summed E-state index contributed by atoms with van der Waals surface area (Å²) in [6.45, 7) is 9.02. The van der Waals surface area contributed by atoms with Gasteiger partial charge in [-0.25, -0.2) is 9.97 Å². The van der Waals surface area contributed by atoms with Crippen LogP contribution in [0.15, 0.2) is 6.33 Å². The van der Waals surface area contributed by atoms with Crippen molar-refractivity contribution >= 4 is 11.6 Å². The second-order valence-electron chi connectivity index (χ2n) is 6.68. The van der Waals surface area contributed by atoms with Crippen LogP contribution in [0.2, 0.25) is 5.15 Å². The van der Waals surface area contributed by atoms with E-state index in [2.05, 4.69) is 37.7 Å². The second kappa shape index (κ2) is 7.44. The zero-order valence-electron chi connectivity index (χ0n) is 13.6. The van der Waals surface area contributed by atoms with Crippen LogP contribution in [0.5, 0.6) is 5.88 Å². The lowest BCUT2D eigenvalue weighted by atomic mass is 9.75. The molecule has 0 saturated heterocycles. The molecule has 0 amide bonds. The van der Waals surface area contributed by atoms with Crippen molar-refractivity contribution in [1.29, 1.82) is 0 Å². The number of nitrogens with zero attached hydrogens (tertiary/aromatic N) is 2. The van der Waals surface area contributed by atoms with Gasteiger partial charge in [0.05, 0.1) is 5.56 Å². The topological polar surface area (TPSA) is 35.0 Å². The molecule has 1 heterocycles. The van der Waals surface area contributed by atoms with Crippen LogP contribution in [-0.2, 0) is 6.42 Å². The van der Waals surface area contributed by atoms with Crippen LogP contribution >= 0.6 is 11.6 Å². The summed E-state index contributed by atoms with van der Waals surface area (Å²) < 4.78 is 6.33. The van der Waals surface area contributed by atoms with Crippen LogP contribution in [0, 0.1) is 17.8 Å². The van der Waals surface area contributed by atoms with Gasteiger partial charge in [0.2, 0.25) is 5.88 Å². The number of hydrogen-bond donors (Lipinski definition) is 0. The Balaban J connectivity index is 2.20. The Kier molecular flexibility index (Phi) is 5.86. The van der Waals surface area contributed by atoms with E-state index in [1.165, 1.54) is 19.2 Å². The van der Waals surface area contributed by atoms with Crippen molar-refractivity contribution in [3.63, 3.8) is 0 Å². The molecular formula is C17H27ClN2O. The summed E-state index contributed by atoms with van der Waals surface area (Å²) in [5.74, 6) is 2.65. The highest BCUT2D eigenvalue weighted by atomic mass is 35.5. The quantitative estimate of drug-likeness (QED) is 0.724. The van der Waals surface area contributed by atoms with Crippen LogP contribution in [-0.4, -0.2) is 16.1 Å². The molecule has 21 heavy (non-hydrogen) atoms. The maximum Gasteiger partial charge on any atom is 0.221 e. The van der Waals surface area contributed by atoms with Gasteiger partial charge in [-0.3, -0.25) is 0 Å². The Morgan fingerprint density at radius 1 is 1.33 bits per heavy atom. The molecule has 1 fully saturated rings. The number of rotatable bonds is 5. The van der Waals surface area contributed by atoms with Gasteiger partial charge < -0.3 is 4.74 Å². The van der Waals surface area contributed by atoms with Crippen molar-refractivity contribution in [2.24, 2.45) is 17.8 Å². The molecule has 0 N–H and O–H groups in total. The Morgan fingerprint density at radius 2 is 2.10 bits per heavy atom. The summed E-state index contributed by atoms with van der Waals surface area (Å²) in [6.07, 6.45) is 7.28. The van der Waals surface area contributed by atoms with E-state index < -0.39 is 0 Å². The highest BCUT2D eigenvalue weighted by molar-refractivity contribution is 6.30. The molecule has 4 heteroatoms. The molecule has 1 aliphatic rings. The third kappa shape index (κ3) is 4.09. The summed E-state index contributed by atoms with van der Waals surface area (Å²) in [6, 6.07) is 0. The van der Waals surface area contributed by atoms with E-state index >= 15 is 0 Å². The van der Waals surface area contributed by atoms with Gasteiger partial charge in [-0.05, 0) is 37.0 Å². The molecule has 1 saturated carbocycles. The third-order valence-corrected chi connectivity index (χ3v) is 4.90. The van der Waals surface area contributed by atoms with E-state index in [0.29, 0.717) is 22.9 Å². The molecule has 0 aliphatic heterocycles. The molecule has 3 nitrogen and oxygen atoms in total. The zero-order valence-corrected chi connectivity index (χ0v) is 14.4. The normalized spacial score (nSPS) is 26.1. The summed E-state index contributed by atoms with van der Waals surface area (Å²) in [5, 5.41) is 0.534. The van der Waals surface area contributed by atoms with Crippen LogP contribution in [0.25, 0.3) is 0 Å². The average Bonchev–Trinajstić information content (AvgIpc) is 2.42.